The minimum Gasteiger partial charge on any atom is -0.396 e. The third kappa shape index (κ3) is 2.36. The predicted octanol–water partition coefficient (Wildman–Crippen LogP) is 0.604. The minimum absolute atomic E-state index is 0.0919. The third-order valence-electron chi connectivity index (χ3n) is 3.59. The van der Waals surface area contributed by atoms with Gasteiger partial charge in [-0.25, -0.2) is 0 Å². The molecule has 19 heavy (non-hydrogen) atoms. The zero-order chi connectivity index (χ0) is 13.1. The van der Waals surface area contributed by atoms with Gasteiger partial charge in [-0.15, -0.1) is 5.10 Å². The van der Waals surface area contributed by atoms with E-state index in [0.29, 0.717) is 19.6 Å². The fourth-order valence-electron chi connectivity index (χ4n) is 2.39. The van der Waals surface area contributed by atoms with Crippen LogP contribution in [0.1, 0.15) is 12.2 Å². The summed E-state index contributed by atoms with van der Waals surface area (Å²) in [5, 5.41) is 21.5. The van der Waals surface area contributed by atoms with Crippen molar-refractivity contribution in [1.82, 2.24) is 20.2 Å². The van der Waals surface area contributed by atoms with Crippen LogP contribution in [0, 0.1) is 5.41 Å². The molecule has 1 fully saturated rings. The summed E-state index contributed by atoms with van der Waals surface area (Å²) in [6.07, 6.45) is 1.45. The lowest BCUT2D eigenvalue weighted by Gasteiger charge is -2.23. The lowest BCUT2D eigenvalue weighted by Crippen LogP contribution is -2.30. The van der Waals surface area contributed by atoms with Crippen LogP contribution in [0.3, 0.4) is 0 Å². The summed E-state index contributed by atoms with van der Waals surface area (Å²) < 4.78 is 7.13. The number of aliphatic hydroxyl groups is 1. The molecule has 1 aliphatic heterocycles. The zero-order valence-corrected chi connectivity index (χ0v) is 10.6. The van der Waals surface area contributed by atoms with E-state index in [1.807, 2.05) is 30.3 Å². The van der Waals surface area contributed by atoms with Crippen LogP contribution in [-0.2, 0) is 11.2 Å². The van der Waals surface area contributed by atoms with Gasteiger partial charge in [0.25, 0.3) is 0 Å². The second-order valence-electron chi connectivity index (χ2n) is 4.98. The largest absolute Gasteiger partial charge is 0.396 e. The average Bonchev–Trinajstić information content (AvgIpc) is 3.10. The molecule has 0 amide bonds. The number of hydrogen-bond donors (Lipinski definition) is 1. The Bertz CT molecular complexity index is 535. The Morgan fingerprint density at radius 3 is 2.84 bits per heavy atom. The summed E-state index contributed by atoms with van der Waals surface area (Å²) in [4.78, 5) is 0. The summed E-state index contributed by atoms with van der Waals surface area (Å²) in [7, 11) is 0. The highest BCUT2D eigenvalue weighted by Crippen LogP contribution is 2.31. The lowest BCUT2D eigenvalue weighted by molar-refractivity contribution is 0.0915. The van der Waals surface area contributed by atoms with Crippen molar-refractivity contribution in [1.29, 1.82) is 0 Å². The van der Waals surface area contributed by atoms with Gasteiger partial charge in [-0.2, -0.15) is 4.68 Å². The first-order valence-electron chi connectivity index (χ1n) is 6.34. The Hall–Kier alpha value is -1.79. The Balaban J connectivity index is 1.88. The van der Waals surface area contributed by atoms with E-state index in [4.69, 9.17) is 4.74 Å². The van der Waals surface area contributed by atoms with Gasteiger partial charge in [-0.05, 0) is 29.0 Å². The SMILES string of the molecule is OCC1(Cc2nnnn2-c2ccccc2)CCOC1. The van der Waals surface area contributed by atoms with Gasteiger partial charge in [-0.3, -0.25) is 0 Å². The van der Waals surface area contributed by atoms with Crippen LogP contribution in [0.5, 0.6) is 0 Å². The molecule has 1 aliphatic rings. The van der Waals surface area contributed by atoms with Crippen LogP contribution in [-0.4, -0.2) is 45.1 Å². The molecule has 1 saturated heterocycles. The number of rotatable bonds is 4. The number of tetrazole rings is 1. The minimum atomic E-state index is -0.249. The topological polar surface area (TPSA) is 73.1 Å². The average molecular weight is 260 g/mol. The Morgan fingerprint density at radius 2 is 2.16 bits per heavy atom. The molecule has 1 N–H and O–H groups in total. The number of benzene rings is 1. The van der Waals surface area contributed by atoms with E-state index in [-0.39, 0.29) is 12.0 Å². The molecule has 2 aromatic rings. The molecule has 0 aliphatic carbocycles. The van der Waals surface area contributed by atoms with E-state index in [1.54, 1.807) is 4.68 Å². The molecule has 6 nitrogen and oxygen atoms in total. The van der Waals surface area contributed by atoms with Crippen LogP contribution in [0.25, 0.3) is 5.69 Å². The molecule has 0 spiro atoms. The van der Waals surface area contributed by atoms with Crippen molar-refractivity contribution in [3.63, 3.8) is 0 Å². The van der Waals surface area contributed by atoms with Crippen molar-refractivity contribution >= 4 is 0 Å². The van der Waals surface area contributed by atoms with Crippen molar-refractivity contribution < 1.29 is 9.84 Å². The second-order valence-corrected chi connectivity index (χ2v) is 4.98. The highest BCUT2D eigenvalue weighted by Gasteiger charge is 2.36. The Labute approximate surface area is 111 Å². The molecular formula is C13H16N4O2. The van der Waals surface area contributed by atoms with E-state index < -0.39 is 0 Å². The zero-order valence-electron chi connectivity index (χ0n) is 10.6. The van der Waals surface area contributed by atoms with Crippen molar-refractivity contribution in [3.8, 4) is 5.69 Å². The van der Waals surface area contributed by atoms with E-state index >= 15 is 0 Å². The van der Waals surface area contributed by atoms with Gasteiger partial charge >= 0.3 is 0 Å². The summed E-state index contributed by atoms with van der Waals surface area (Å²) >= 11 is 0. The molecule has 1 aromatic heterocycles. The Morgan fingerprint density at radius 1 is 1.32 bits per heavy atom. The number of aliphatic hydroxyl groups excluding tert-OH is 1. The molecule has 2 heterocycles. The third-order valence-corrected chi connectivity index (χ3v) is 3.59. The van der Waals surface area contributed by atoms with E-state index in [2.05, 4.69) is 15.5 Å². The van der Waals surface area contributed by atoms with Gasteiger partial charge in [0.2, 0.25) is 0 Å². The van der Waals surface area contributed by atoms with Crippen molar-refractivity contribution in [2.45, 2.75) is 12.8 Å². The van der Waals surface area contributed by atoms with Crippen LogP contribution in [0.2, 0.25) is 0 Å². The summed E-state index contributed by atoms with van der Waals surface area (Å²) in [6.45, 7) is 1.34. The molecule has 0 bridgehead atoms. The van der Waals surface area contributed by atoms with Gasteiger partial charge in [0, 0.05) is 18.4 Å². The highest BCUT2D eigenvalue weighted by atomic mass is 16.5. The van der Waals surface area contributed by atoms with Crippen LogP contribution in [0.15, 0.2) is 30.3 Å². The van der Waals surface area contributed by atoms with Crippen molar-refractivity contribution in [3.05, 3.63) is 36.2 Å². The van der Waals surface area contributed by atoms with E-state index in [0.717, 1.165) is 17.9 Å². The lowest BCUT2D eigenvalue weighted by atomic mass is 9.84. The molecular weight excluding hydrogens is 244 g/mol. The maximum Gasteiger partial charge on any atom is 0.157 e. The molecule has 3 rings (SSSR count). The first-order valence-corrected chi connectivity index (χ1v) is 6.34. The summed E-state index contributed by atoms with van der Waals surface area (Å²) in [6, 6.07) is 9.75. The van der Waals surface area contributed by atoms with Crippen molar-refractivity contribution in [2.24, 2.45) is 5.41 Å². The Kier molecular flexibility index (Phi) is 3.27. The molecule has 0 saturated carbocycles. The number of hydrogen-bond acceptors (Lipinski definition) is 5. The van der Waals surface area contributed by atoms with E-state index in [1.165, 1.54) is 0 Å². The first kappa shape index (κ1) is 12.3. The number of ether oxygens (including phenoxy) is 1. The van der Waals surface area contributed by atoms with Gasteiger partial charge in [0.1, 0.15) is 0 Å². The number of aromatic nitrogens is 4. The van der Waals surface area contributed by atoms with Crippen LogP contribution >= 0.6 is 0 Å². The van der Waals surface area contributed by atoms with Gasteiger partial charge in [0.05, 0.1) is 18.9 Å². The first-order chi connectivity index (χ1) is 9.33. The van der Waals surface area contributed by atoms with Gasteiger partial charge in [0.15, 0.2) is 5.82 Å². The predicted molar refractivity (Wildman–Crippen MR) is 67.8 cm³/mol. The fourth-order valence-corrected chi connectivity index (χ4v) is 2.39. The summed E-state index contributed by atoms with van der Waals surface area (Å²) in [5.74, 6) is 0.755. The molecule has 1 atom stereocenters. The van der Waals surface area contributed by atoms with Crippen LogP contribution < -0.4 is 0 Å². The number of para-hydroxylation sites is 1. The fraction of sp³-hybridized carbons (Fsp3) is 0.462. The van der Waals surface area contributed by atoms with Crippen molar-refractivity contribution in [2.75, 3.05) is 19.8 Å². The normalized spacial score (nSPS) is 22.8. The monoisotopic (exact) mass is 260 g/mol. The van der Waals surface area contributed by atoms with Crippen LogP contribution in [0.4, 0.5) is 0 Å². The highest BCUT2D eigenvalue weighted by molar-refractivity contribution is 5.30. The summed E-state index contributed by atoms with van der Waals surface area (Å²) in [5.41, 5.74) is 0.677. The molecule has 100 valence electrons. The quantitative estimate of drug-likeness (QED) is 0.871. The van der Waals surface area contributed by atoms with E-state index in [9.17, 15) is 5.11 Å². The molecule has 6 heteroatoms. The van der Waals surface area contributed by atoms with Gasteiger partial charge in [-0.1, -0.05) is 18.2 Å². The molecule has 0 radical (unpaired) electrons. The standard InChI is InChI=1S/C13H16N4O2/c18-9-13(6-7-19-10-13)8-12-14-15-16-17(12)11-4-2-1-3-5-11/h1-5,18H,6-10H2. The maximum atomic E-state index is 9.62. The number of nitrogens with zero attached hydrogens (tertiary/aromatic N) is 4. The smallest absolute Gasteiger partial charge is 0.157 e. The molecule has 1 aromatic carbocycles. The molecule has 1 unspecified atom stereocenters. The van der Waals surface area contributed by atoms with Gasteiger partial charge < -0.3 is 9.84 Å². The second kappa shape index (κ2) is 5.07. The maximum absolute atomic E-state index is 9.62.